The molecule has 2 aliphatic heterocycles. The second kappa shape index (κ2) is 6.70. The number of carbonyl (C=O) groups is 1. The standard InChI is InChI=1S/C14H18N6O2/c15-9-20-5-6-22-12(8-20)14(21)18-13-2-1-10(7-16-13)11-3-4-17-19-11/h1-2,7,11-12,17,19H,3-6,8H2,(H,16,18,21)/t11?,12-/m1/s1. The van der Waals surface area contributed by atoms with E-state index < -0.39 is 6.10 Å². The van der Waals surface area contributed by atoms with E-state index in [9.17, 15) is 4.79 Å². The normalized spacial score (nSPS) is 24.8. The predicted octanol–water partition coefficient (Wildman–Crippen LogP) is -0.259. The molecule has 0 radical (unpaired) electrons. The van der Waals surface area contributed by atoms with E-state index in [1.165, 1.54) is 4.90 Å². The Morgan fingerprint density at radius 2 is 2.45 bits per heavy atom. The first-order chi connectivity index (χ1) is 10.8. The van der Waals surface area contributed by atoms with Gasteiger partial charge in [0.05, 0.1) is 19.7 Å². The summed E-state index contributed by atoms with van der Waals surface area (Å²) in [7, 11) is 0. The summed E-state index contributed by atoms with van der Waals surface area (Å²) in [6.07, 6.45) is 4.15. The van der Waals surface area contributed by atoms with Gasteiger partial charge in [-0.05, 0) is 18.1 Å². The number of nitriles is 1. The van der Waals surface area contributed by atoms with Crippen molar-refractivity contribution in [3.05, 3.63) is 23.9 Å². The second-order valence-corrected chi connectivity index (χ2v) is 5.28. The van der Waals surface area contributed by atoms with Crippen LogP contribution in [-0.2, 0) is 9.53 Å². The molecule has 0 bridgehead atoms. The first kappa shape index (κ1) is 14.7. The lowest BCUT2D eigenvalue weighted by atomic mass is 10.1. The summed E-state index contributed by atoms with van der Waals surface area (Å²) < 4.78 is 5.40. The Hall–Kier alpha value is -2.21. The molecule has 116 valence electrons. The molecule has 2 aliphatic rings. The Kier molecular flexibility index (Phi) is 4.48. The van der Waals surface area contributed by atoms with E-state index in [2.05, 4.69) is 21.2 Å². The lowest BCUT2D eigenvalue weighted by Crippen LogP contribution is -2.46. The van der Waals surface area contributed by atoms with E-state index in [0.717, 1.165) is 18.5 Å². The van der Waals surface area contributed by atoms with Gasteiger partial charge in [0, 0.05) is 18.8 Å². The molecule has 1 unspecified atom stereocenters. The van der Waals surface area contributed by atoms with E-state index >= 15 is 0 Å². The third-order valence-corrected chi connectivity index (χ3v) is 3.77. The smallest absolute Gasteiger partial charge is 0.256 e. The Balaban J connectivity index is 1.58. The molecule has 0 spiro atoms. The lowest BCUT2D eigenvalue weighted by molar-refractivity contribution is -0.131. The number of hydrogen-bond donors (Lipinski definition) is 3. The maximum absolute atomic E-state index is 12.1. The molecule has 2 atom stereocenters. The van der Waals surface area contributed by atoms with E-state index in [0.29, 0.717) is 19.0 Å². The summed E-state index contributed by atoms with van der Waals surface area (Å²) in [6, 6.07) is 3.97. The minimum Gasteiger partial charge on any atom is -0.365 e. The molecule has 1 amide bonds. The number of morpholine rings is 1. The summed E-state index contributed by atoms with van der Waals surface area (Å²) in [6.45, 7) is 2.10. The minimum atomic E-state index is -0.643. The number of pyridine rings is 1. The van der Waals surface area contributed by atoms with Crippen LogP contribution in [0.5, 0.6) is 0 Å². The Morgan fingerprint density at radius 3 is 3.14 bits per heavy atom. The Morgan fingerprint density at radius 1 is 1.55 bits per heavy atom. The summed E-state index contributed by atoms with van der Waals surface area (Å²) >= 11 is 0. The van der Waals surface area contributed by atoms with Crippen molar-refractivity contribution in [2.45, 2.75) is 18.6 Å². The highest BCUT2D eigenvalue weighted by Crippen LogP contribution is 2.19. The number of carbonyl (C=O) groups excluding carboxylic acids is 1. The lowest BCUT2D eigenvalue weighted by Gasteiger charge is -2.28. The summed E-state index contributed by atoms with van der Waals surface area (Å²) in [5, 5.41) is 11.6. The topological polar surface area (TPSA) is 102 Å². The number of nitrogens with one attached hydrogen (secondary N) is 3. The van der Waals surface area contributed by atoms with Gasteiger partial charge in [-0.1, -0.05) is 6.07 Å². The van der Waals surface area contributed by atoms with Gasteiger partial charge < -0.3 is 15.0 Å². The van der Waals surface area contributed by atoms with E-state index in [1.807, 2.05) is 12.3 Å². The third-order valence-electron chi connectivity index (χ3n) is 3.77. The van der Waals surface area contributed by atoms with Crippen molar-refractivity contribution >= 4 is 11.7 Å². The highest BCUT2D eigenvalue weighted by Gasteiger charge is 2.26. The average molecular weight is 302 g/mol. The monoisotopic (exact) mass is 302 g/mol. The van der Waals surface area contributed by atoms with Crippen LogP contribution < -0.4 is 16.2 Å². The van der Waals surface area contributed by atoms with Crippen LogP contribution in [0.2, 0.25) is 0 Å². The third kappa shape index (κ3) is 3.33. The molecule has 3 N–H and O–H groups in total. The summed E-state index contributed by atoms with van der Waals surface area (Å²) in [5.41, 5.74) is 7.31. The highest BCUT2D eigenvalue weighted by molar-refractivity contribution is 5.93. The minimum absolute atomic E-state index is 0.253. The summed E-state index contributed by atoms with van der Waals surface area (Å²) in [4.78, 5) is 17.9. The molecule has 1 aromatic heterocycles. The molecule has 2 fully saturated rings. The molecule has 0 aliphatic carbocycles. The number of hydrogen-bond acceptors (Lipinski definition) is 7. The highest BCUT2D eigenvalue weighted by atomic mass is 16.5. The van der Waals surface area contributed by atoms with Gasteiger partial charge in [0.15, 0.2) is 12.3 Å². The number of ether oxygens (including phenoxy) is 1. The molecule has 2 saturated heterocycles. The van der Waals surface area contributed by atoms with E-state index in [-0.39, 0.29) is 18.5 Å². The zero-order chi connectivity index (χ0) is 15.4. The van der Waals surface area contributed by atoms with Gasteiger partial charge >= 0.3 is 0 Å². The van der Waals surface area contributed by atoms with Crippen molar-refractivity contribution < 1.29 is 9.53 Å². The fourth-order valence-electron chi connectivity index (χ4n) is 2.52. The van der Waals surface area contributed by atoms with Crippen LogP contribution in [0.25, 0.3) is 0 Å². The number of rotatable bonds is 3. The van der Waals surface area contributed by atoms with Crippen molar-refractivity contribution in [2.75, 3.05) is 31.6 Å². The zero-order valence-corrected chi connectivity index (χ0v) is 12.1. The van der Waals surface area contributed by atoms with Crippen molar-refractivity contribution in [1.82, 2.24) is 20.7 Å². The number of nitrogens with zero attached hydrogens (tertiary/aromatic N) is 3. The second-order valence-electron chi connectivity index (χ2n) is 5.28. The van der Waals surface area contributed by atoms with Gasteiger partial charge in [-0.2, -0.15) is 5.26 Å². The number of anilines is 1. The van der Waals surface area contributed by atoms with Gasteiger partial charge in [-0.3, -0.25) is 15.6 Å². The maximum Gasteiger partial charge on any atom is 0.256 e. The molecule has 0 saturated carbocycles. The van der Waals surface area contributed by atoms with Crippen LogP contribution in [0.15, 0.2) is 18.3 Å². The predicted molar refractivity (Wildman–Crippen MR) is 78.3 cm³/mol. The molecule has 22 heavy (non-hydrogen) atoms. The number of amides is 1. The fourth-order valence-corrected chi connectivity index (χ4v) is 2.52. The van der Waals surface area contributed by atoms with Crippen molar-refractivity contribution in [3.8, 4) is 6.19 Å². The van der Waals surface area contributed by atoms with E-state index in [1.54, 1.807) is 12.3 Å². The van der Waals surface area contributed by atoms with Gasteiger partial charge in [-0.25, -0.2) is 4.98 Å². The van der Waals surface area contributed by atoms with Crippen molar-refractivity contribution in [2.24, 2.45) is 0 Å². The molecular weight excluding hydrogens is 284 g/mol. The quantitative estimate of drug-likeness (QED) is 0.661. The van der Waals surface area contributed by atoms with Crippen molar-refractivity contribution in [3.63, 3.8) is 0 Å². The molecule has 3 heterocycles. The molecule has 3 rings (SSSR count). The molecule has 1 aromatic rings. The molecular formula is C14H18N6O2. The number of hydrazine groups is 1. The van der Waals surface area contributed by atoms with Gasteiger partial charge in [0.25, 0.3) is 5.91 Å². The molecule has 8 heteroatoms. The van der Waals surface area contributed by atoms with Crippen LogP contribution in [0, 0.1) is 11.5 Å². The van der Waals surface area contributed by atoms with Crippen LogP contribution in [0.1, 0.15) is 18.0 Å². The van der Waals surface area contributed by atoms with Crippen molar-refractivity contribution in [1.29, 1.82) is 5.26 Å². The van der Waals surface area contributed by atoms with Crippen LogP contribution >= 0.6 is 0 Å². The maximum atomic E-state index is 12.1. The Bertz CT molecular complexity index is 564. The van der Waals surface area contributed by atoms with Gasteiger partial charge in [0.2, 0.25) is 0 Å². The van der Waals surface area contributed by atoms with Gasteiger partial charge in [-0.15, -0.1) is 0 Å². The fraction of sp³-hybridized carbons (Fsp3) is 0.500. The largest absolute Gasteiger partial charge is 0.365 e. The zero-order valence-electron chi connectivity index (χ0n) is 12.1. The van der Waals surface area contributed by atoms with Crippen LogP contribution in [0.3, 0.4) is 0 Å². The summed E-state index contributed by atoms with van der Waals surface area (Å²) in [5.74, 6) is 0.207. The first-order valence-electron chi connectivity index (χ1n) is 7.28. The van der Waals surface area contributed by atoms with E-state index in [4.69, 9.17) is 10.00 Å². The van der Waals surface area contributed by atoms with Crippen LogP contribution in [-0.4, -0.2) is 48.1 Å². The Labute approximate surface area is 128 Å². The number of aromatic nitrogens is 1. The van der Waals surface area contributed by atoms with Gasteiger partial charge in [0.1, 0.15) is 5.82 Å². The average Bonchev–Trinajstić information content (AvgIpc) is 3.10. The SMILES string of the molecule is N#CN1CCO[C@@H](C(=O)Nc2ccc(C3CCNN3)cn2)C1. The van der Waals surface area contributed by atoms with Crippen LogP contribution in [0.4, 0.5) is 5.82 Å². The first-order valence-corrected chi connectivity index (χ1v) is 7.28. The molecule has 8 nitrogen and oxygen atoms in total. The molecule has 0 aromatic carbocycles.